The van der Waals surface area contributed by atoms with Crippen molar-refractivity contribution in [3.05, 3.63) is 40.7 Å². The first kappa shape index (κ1) is 11.3. The van der Waals surface area contributed by atoms with E-state index in [1.165, 1.54) is 6.20 Å². The SMILES string of the molecule is Fc1cc(F)c(-n2nncc2CCl)c(Cl)c1. The molecule has 0 aliphatic carbocycles. The van der Waals surface area contributed by atoms with Crippen LogP contribution in [0.3, 0.4) is 0 Å². The van der Waals surface area contributed by atoms with Gasteiger partial charge >= 0.3 is 0 Å². The summed E-state index contributed by atoms with van der Waals surface area (Å²) < 4.78 is 27.5. The zero-order chi connectivity index (χ0) is 11.7. The van der Waals surface area contributed by atoms with Crippen molar-refractivity contribution < 1.29 is 8.78 Å². The number of hydrogen-bond donors (Lipinski definition) is 0. The van der Waals surface area contributed by atoms with Gasteiger partial charge in [-0.2, -0.15) is 0 Å². The first-order chi connectivity index (χ1) is 7.63. The number of aromatic nitrogens is 3. The molecule has 0 amide bonds. The van der Waals surface area contributed by atoms with Crippen molar-refractivity contribution in [3.63, 3.8) is 0 Å². The Balaban J connectivity index is 2.64. The molecule has 0 atom stereocenters. The highest BCUT2D eigenvalue weighted by Gasteiger charge is 2.15. The number of rotatable bonds is 2. The topological polar surface area (TPSA) is 30.7 Å². The minimum atomic E-state index is -0.818. The number of benzene rings is 1. The molecule has 0 spiro atoms. The summed E-state index contributed by atoms with van der Waals surface area (Å²) >= 11 is 11.4. The Morgan fingerprint density at radius 3 is 2.69 bits per heavy atom. The van der Waals surface area contributed by atoms with Gasteiger partial charge in [0.25, 0.3) is 0 Å². The smallest absolute Gasteiger partial charge is 0.153 e. The predicted molar refractivity (Wildman–Crippen MR) is 55.8 cm³/mol. The van der Waals surface area contributed by atoms with Crippen LogP contribution in [0, 0.1) is 11.6 Å². The molecule has 1 aromatic carbocycles. The fraction of sp³-hybridized carbons (Fsp3) is 0.111. The van der Waals surface area contributed by atoms with E-state index in [9.17, 15) is 8.78 Å². The molecule has 0 saturated heterocycles. The van der Waals surface area contributed by atoms with Crippen LogP contribution in [0.4, 0.5) is 8.78 Å². The molecule has 0 bridgehead atoms. The van der Waals surface area contributed by atoms with E-state index in [-0.39, 0.29) is 16.6 Å². The van der Waals surface area contributed by atoms with Crippen LogP contribution in [0.15, 0.2) is 18.3 Å². The molecule has 7 heteroatoms. The van der Waals surface area contributed by atoms with Gasteiger partial charge in [-0.05, 0) is 6.07 Å². The Kier molecular flexibility index (Phi) is 3.07. The molecule has 0 fully saturated rings. The maximum absolute atomic E-state index is 13.5. The Morgan fingerprint density at radius 2 is 2.06 bits per heavy atom. The molecule has 2 aromatic rings. The summed E-state index contributed by atoms with van der Waals surface area (Å²) in [5.74, 6) is -1.47. The van der Waals surface area contributed by atoms with E-state index in [4.69, 9.17) is 23.2 Å². The van der Waals surface area contributed by atoms with E-state index in [0.717, 1.165) is 16.8 Å². The quantitative estimate of drug-likeness (QED) is 0.781. The number of alkyl halides is 1. The number of halogens is 4. The van der Waals surface area contributed by atoms with Crippen LogP contribution in [-0.4, -0.2) is 15.0 Å². The minimum Gasteiger partial charge on any atom is -0.212 e. The lowest BCUT2D eigenvalue weighted by Crippen LogP contribution is -2.05. The molecule has 84 valence electrons. The van der Waals surface area contributed by atoms with Gasteiger partial charge in [0.2, 0.25) is 0 Å². The minimum absolute atomic E-state index is 0.0591. The number of hydrogen-bond acceptors (Lipinski definition) is 2. The van der Waals surface area contributed by atoms with Gasteiger partial charge < -0.3 is 0 Å². The van der Waals surface area contributed by atoms with Gasteiger partial charge in [0.15, 0.2) is 5.82 Å². The van der Waals surface area contributed by atoms with Crippen molar-refractivity contribution in [3.8, 4) is 5.69 Å². The molecule has 0 aliphatic heterocycles. The van der Waals surface area contributed by atoms with Gasteiger partial charge in [-0.3, -0.25) is 0 Å². The summed E-state index contributed by atoms with van der Waals surface area (Å²) in [7, 11) is 0. The zero-order valence-corrected chi connectivity index (χ0v) is 9.30. The normalized spacial score (nSPS) is 10.8. The molecule has 0 saturated carbocycles. The van der Waals surface area contributed by atoms with Gasteiger partial charge in [-0.1, -0.05) is 16.8 Å². The summed E-state index contributed by atoms with van der Waals surface area (Å²) in [6.07, 6.45) is 1.38. The van der Waals surface area contributed by atoms with Crippen LogP contribution in [0.5, 0.6) is 0 Å². The van der Waals surface area contributed by atoms with Crippen molar-refractivity contribution in [1.82, 2.24) is 15.0 Å². The van der Waals surface area contributed by atoms with Crippen LogP contribution < -0.4 is 0 Å². The lowest BCUT2D eigenvalue weighted by Gasteiger charge is -2.07. The van der Waals surface area contributed by atoms with Crippen LogP contribution >= 0.6 is 23.2 Å². The van der Waals surface area contributed by atoms with Crippen LogP contribution in [0.1, 0.15) is 5.69 Å². The molecule has 1 heterocycles. The van der Waals surface area contributed by atoms with Gasteiger partial charge in [-0.25, -0.2) is 13.5 Å². The van der Waals surface area contributed by atoms with E-state index in [0.29, 0.717) is 5.69 Å². The van der Waals surface area contributed by atoms with Crippen molar-refractivity contribution in [2.24, 2.45) is 0 Å². The largest absolute Gasteiger partial charge is 0.212 e. The van der Waals surface area contributed by atoms with E-state index >= 15 is 0 Å². The van der Waals surface area contributed by atoms with Crippen LogP contribution in [-0.2, 0) is 5.88 Å². The lowest BCUT2D eigenvalue weighted by molar-refractivity contribution is 0.570. The van der Waals surface area contributed by atoms with Crippen molar-refractivity contribution >= 4 is 23.2 Å². The molecule has 1 aromatic heterocycles. The number of nitrogens with zero attached hydrogens (tertiary/aromatic N) is 3. The van der Waals surface area contributed by atoms with E-state index in [1.54, 1.807) is 0 Å². The lowest BCUT2D eigenvalue weighted by atomic mass is 10.3. The van der Waals surface area contributed by atoms with Crippen LogP contribution in [0.2, 0.25) is 5.02 Å². The first-order valence-corrected chi connectivity index (χ1v) is 5.15. The van der Waals surface area contributed by atoms with Crippen molar-refractivity contribution in [2.45, 2.75) is 5.88 Å². The third-order valence-electron chi connectivity index (χ3n) is 1.95. The highest BCUT2D eigenvalue weighted by atomic mass is 35.5. The zero-order valence-electron chi connectivity index (χ0n) is 7.79. The average molecular weight is 264 g/mol. The summed E-state index contributed by atoms with van der Waals surface area (Å²) in [4.78, 5) is 0. The predicted octanol–water partition coefficient (Wildman–Crippen LogP) is 2.94. The molecule has 3 nitrogen and oxygen atoms in total. The van der Waals surface area contributed by atoms with Gasteiger partial charge in [0.1, 0.15) is 11.5 Å². The maximum atomic E-state index is 13.5. The second kappa shape index (κ2) is 4.35. The fourth-order valence-electron chi connectivity index (χ4n) is 1.27. The Hall–Kier alpha value is -1.20. The second-order valence-electron chi connectivity index (χ2n) is 2.99. The van der Waals surface area contributed by atoms with Gasteiger partial charge in [0, 0.05) is 6.07 Å². The standard InChI is InChI=1S/C9H5Cl2F2N3/c10-3-6-4-14-15-16(6)9-7(11)1-5(12)2-8(9)13/h1-2,4H,3H2. The Bertz CT molecular complexity index is 504. The Morgan fingerprint density at radius 1 is 1.31 bits per heavy atom. The van der Waals surface area contributed by atoms with E-state index < -0.39 is 11.6 Å². The summed E-state index contributed by atoms with van der Waals surface area (Å²) in [6.45, 7) is 0. The Labute approximate surface area is 99.6 Å². The molecule has 2 rings (SSSR count). The second-order valence-corrected chi connectivity index (χ2v) is 3.66. The average Bonchev–Trinajstić information content (AvgIpc) is 2.64. The van der Waals surface area contributed by atoms with E-state index in [2.05, 4.69) is 10.3 Å². The van der Waals surface area contributed by atoms with E-state index in [1.807, 2.05) is 0 Å². The maximum Gasteiger partial charge on any atom is 0.153 e. The molecular weight excluding hydrogens is 259 g/mol. The molecule has 0 radical (unpaired) electrons. The van der Waals surface area contributed by atoms with Gasteiger partial charge in [0.05, 0.1) is 22.8 Å². The summed E-state index contributed by atoms with van der Waals surface area (Å²) in [6, 6.07) is 1.72. The highest BCUT2D eigenvalue weighted by Crippen LogP contribution is 2.25. The van der Waals surface area contributed by atoms with Crippen molar-refractivity contribution in [2.75, 3.05) is 0 Å². The fourth-order valence-corrected chi connectivity index (χ4v) is 1.73. The van der Waals surface area contributed by atoms with Crippen molar-refractivity contribution in [1.29, 1.82) is 0 Å². The summed E-state index contributed by atoms with van der Waals surface area (Å²) in [5, 5.41) is 7.14. The monoisotopic (exact) mass is 263 g/mol. The molecule has 16 heavy (non-hydrogen) atoms. The van der Waals surface area contributed by atoms with Crippen LogP contribution in [0.25, 0.3) is 5.69 Å². The summed E-state index contributed by atoms with van der Waals surface area (Å²) in [5.41, 5.74) is 0.408. The van der Waals surface area contributed by atoms with Gasteiger partial charge in [-0.15, -0.1) is 16.7 Å². The molecule has 0 aliphatic rings. The third kappa shape index (κ3) is 1.88. The molecule has 0 N–H and O–H groups in total. The molecular formula is C9H5Cl2F2N3. The first-order valence-electron chi connectivity index (χ1n) is 4.24. The third-order valence-corrected chi connectivity index (χ3v) is 2.51. The molecule has 0 unspecified atom stereocenters. The highest BCUT2D eigenvalue weighted by molar-refractivity contribution is 6.32.